The molecule has 0 fully saturated rings. The molecule has 0 aliphatic carbocycles. The second kappa shape index (κ2) is 8.34. The van der Waals surface area contributed by atoms with E-state index in [-0.39, 0.29) is 22.0 Å². The lowest BCUT2D eigenvalue weighted by molar-refractivity contribution is -0.384. The molecule has 0 aromatic heterocycles. The van der Waals surface area contributed by atoms with Crippen molar-refractivity contribution in [3.63, 3.8) is 0 Å². The van der Waals surface area contributed by atoms with Crippen LogP contribution in [-0.2, 0) is 4.79 Å². The summed E-state index contributed by atoms with van der Waals surface area (Å²) in [5.41, 5.74) is 0.0994. The molecule has 7 nitrogen and oxygen atoms in total. The number of amides is 1. The fourth-order valence-electron chi connectivity index (χ4n) is 2.02. The zero-order valence-electron chi connectivity index (χ0n) is 13.3. The summed E-state index contributed by atoms with van der Waals surface area (Å²) in [5.74, 6) is -0.267. The van der Waals surface area contributed by atoms with Gasteiger partial charge in [-0.15, -0.1) is 0 Å². The number of carbonyl (C=O) groups is 1. The molecular formula is C17H11Cl2N3O4. The predicted octanol–water partition coefficient (Wildman–Crippen LogP) is 4.46. The SMILES string of the molecule is COc1ccc(/C=C(\C#N)C(=O)Nc2ccc(Cl)c([N+](=O)[O-])c2)cc1Cl. The molecule has 0 spiro atoms. The smallest absolute Gasteiger partial charge is 0.289 e. The number of carbonyl (C=O) groups excluding carboxylic acids is 1. The highest BCUT2D eigenvalue weighted by Crippen LogP contribution is 2.28. The molecule has 0 atom stereocenters. The number of nitro groups is 1. The highest BCUT2D eigenvalue weighted by atomic mass is 35.5. The largest absolute Gasteiger partial charge is 0.495 e. The minimum Gasteiger partial charge on any atom is -0.495 e. The maximum Gasteiger partial charge on any atom is 0.289 e. The summed E-state index contributed by atoms with van der Waals surface area (Å²) in [5, 5.41) is 22.8. The number of anilines is 1. The number of nitrogens with zero attached hydrogens (tertiary/aromatic N) is 2. The van der Waals surface area contributed by atoms with Gasteiger partial charge < -0.3 is 10.1 Å². The topological polar surface area (TPSA) is 105 Å². The van der Waals surface area contributed by atoms with Gasteiger partial charge in [-0.3, -0.25) is 14.9 Å². The van der Waals surface area contributed by atoms with Gasteiger partial charge in [-0.05, 0) is 35.9 Å². The third kappa shape index (κ3) is 4.51. The number of hydrogen-bond acceptors (Lipinski definition) is 5. The summed E-state index contributed by atoms with van der Waals surface area (Å²) >= 11 is 11.7. The van der Waals surface area contributed by atoms with E-state index in [1.807, 2.05) is 0 Å². The van der Waals surface area contributed by atoms with E-state index in [0.29, 0.717) is 16.3 Å². The van der Waals surface area contributed by atoms with Crippen molar-refractivity contribution in [2.75, 3.05) is 12.4 Å². The van der Waals surface area contributed by atoms with E-state index in [9.17, 15) is 20.2 Å². The van der Waals surface area contributed by atoms with Gasteiger partial charge in [0.05, 0.1) is 17.1 Å². The number of nitrogens with one attached hydrogen (secondary N) is 1. The normalized spacial score (nSPS) is 10.8. The van der Waals surface area contributed by atoms with E-state index in [1.165, 1.54) is 31.4 Å². The Balaban J connectivity index is 2.27. The van der Waals surface area contributed by atoms with E-state index in [0.717, 1.165) is 6.07 Å². The van der Waals surface area contributed by atoms with Crippen molar-refractivity contribution in [3.05, 3.63) is 67.7 Å². The molecule has 0 radical (unpaired) electrons. The van der Waals surface area contributed by atoms with Crippen LogP contribution in [0.1, 0.15) is 5.56 Å². The first-order chi connectivity index (χ1) is 12.3. The number of nitro benzene ring substituents is 1. The van der Waals surface area contributed by atoms with Gasteiger partial charge in [-0.25, -0.2) is 0 Å². The Hall–Kier alpha value is -3.08. The second-order valence-corrected chi connectivity index (χ2v) is 5.76. The van der Waals surface area contributed by atoms with Gasteiger partial charge in [-0.1, -0.05) is 29.3 Å². The molecule has 0 aliphatic rings. The molecule has 2 rings (SSSR count). The maximum absolute atomic E-state index is 12.3. The molecule has 9 heteroatoms. The van der Waals surface area contributed by atoms with Crippen LogP contribution in [0.3, 0.4) is 0 Å². The number of nitriles is 1. The average Bonchev–Trinajstić information content (AvgIpc) is 2.61. The van der Waals surface area contributed by atoms with Gasteiger partial charge >= 0.3 is 0 Å². The van der Waals surface area contributed by atoms with Crippen LogP contribution in [0.4, 0.5) is 11.4 Å². The van der Waals surface area contributed by atoms with Gasteiger partial charge in [0.15, 0.2) is 0 Å². The molecule has 132 valence electrons. The summed E-state index contributed by atoms with van der Waals surface area (Å²) in [4.78, 5) is 22.5. The Bertz CT molecular complexity index is 952. The van der Waals surface area contributed by atoms with Crippen LogP contribution >= 0.6 is 23.2 Å². The summed E-state index contributed by atoms with van der Waals surface area (Å²) < 4.78 is 5.04. The van der Waals surface area contributed by atoms with Crippen molar-refractivity contribution >= 4 is 46.6 Å². The summed E-state index contributed by atoms with van der Waals surface area (Å²) in [6.45, 7) is 0. The van der Waals surface area contributed by atoms with E-state index >= 15 is 0 Å². The monoisotopic (exact) mass is 391 g/mol. The average molecular weight is 392 g/mol. The van der Waals surface area contributed by atoms with Gasteiger partial charge in [0.1, 0.15) is 22.4 Å². The molecule has 2 aromatic carbocycles. The van der Waals surface area contributed by atoms with Gasteiger partial charge in [0, 0.05) is 11.8 Å². The number of ether oxygens (including phenoxy) is 1. The Labute approximate surface area is 158 Å². The molecule has 0 aliphatic heterocycles. The quantitative estimate of drug-likeness (QED) is 0.350. The standard InChI is InChI=1S/C17H11Cl2N3O4/c1-26-16-5-2-10(7-14(16)19)6-11(9-20)17(23)21-12-3-4-13(18)15(8-12)22(24)25/h2-8H,1H3,(H,21,23)/b11-6+. The molecular weight excluding hydrogens is 381 g/mol. The van der Waals surface area contributed by atoms with Crippen molar-refractivity contribution in [3.8, 4) is 11.8 Å². The van der Waals surface area contributed by atoms with Crippen LogP contribution in [0.25, 0.3) is 6.08 Å². The number of halogens is 2. The summed E-state index contributed by atoms with van der Waals surface area (Å²) in [6.07, 6.45) is 1.34. The molecule has 0 unspecified atom stereocenters. The Morgan fingerprint density at radius 1 is 1.27 bits per heavy atom. The third-order valence-electron chi connectivity index (χ3n) is 3.25. The van der Waals surface area contributed by atoms with Crippen LogP contribution < -0.4 is 10.1 Å². The Morgan fingerprint density at radius 2 is 2.00 bits per heavy atom. The fourth-order valence-corrected chi connectivity index (χ4v) is 2.47. The van der Waals surface area contributed by atoms with E-state index < -0.39 is 10.8 Å². The van der Waals surface area contributed by atoms with E-state index in [2.05, 4.69) is 5.32 Å². The van der Waals surface area contributed by atoms with Gasteiger partial charge in [0.25, 0.3) is 11.6 Å². The number of methoxy groups -OCH3 is 1. The van der Waals surface area contributed by atoms with Crippen LogP contribution in [-0.4, -0.2) is 17.9 Å². The van der Waals surface area contributed by atoms with Crippen LogP contribution in [0, 0.1) is 21.4 Å². The zero-order valence-corrected chi connectivity index (χ0v) is 14.8. The summed E-state index contributed by atoms with van der Waals surface area (Å²) in [7, 11) is 1.47. The second-order valence-electron chi connectivity index (χ2n) is 4.94. The first kappa shape index (κ1) is 19.2. The lowest BCUT2D eigenvalue weighted by atomic mass is 10.1. The minimum atomic E-state index is -0.726. The van der Waals surface area contributed by atoms with Crippen molar-refractivity contribution < 1.29 is 14.5 Å². The third-order valence-corrected chi connectivity index (χ3v) is 3.87. The molecule has 1 N–H and O–H groups in total. The van der Waals surface area contributed by atoms with Gasteiger partial charge in [-0.2, -0.15) is 5.26 Å². The highest BCUT2D eigenvalue weighted by molar-refractivity contribution is 6.33. The Morgan fingerprint density at radius 3 is 2.58 bits per heavy atom. The lowest BCUT2D eigenvalue weighted by Crippen LogP contribution is -2.13. The van der Waals surface area contributed by atoms with Crippen molar-refractivity contribution in [2.45, 2.75) is 0 Å². The molecule has 1 amide bonds. The van der Waals surface area contributed by atoms with E-state index in [1.54, 1.807) is 18.2 Å². The van der Waals surface area contributed by atoms with Crippen molar-refractivity contribution in [1.82, 2.24) is 0 Å². The highest BCUT2D eigenvalue weighted by Gasteiger charge is 2.15. The van der Waals surface area contributed by atoms with Crippen molar-refractivity contribution in [1.29, 1.82) is 5.26 Å². The minimum absolute atomic E-state index is 0.0584. The molecule has 0 saturated carbocycles. The first-order valence-corrected chi connectivity index (χ1v) is 7.82. The molecule has 0 bridgehead atoms. The van der Waals surface area contributed by atoms with Crippen molar-refractivity contribution in [2.24, 2.45) is 0 Å². The molecule has 26 heavy (non-hydrogen) atoms. The lowest BCUT2D eigenvalue weighted by Gasteiger charge is -2.06. The van der Waals surface area contributed by atoms with Crippen LogP contribution in [0.5, 0.6) is 5.75 Å². The van der Waals surface area contributed by atoms with Crippen LogP contribution in [0.15, 0.2) is 42.0 Å². The molecule has 0 saturated heterocycles. The van der Waals surface area contributed by atoms with Gasteiger partial charge in [0.2, 0.25) is 0 Å². The summed E-state index contributed by atoms with van der Waals surface area (Å²) in [6, 6.07) is 10.3. The first-order valence-electron chi connectivity index (χ1n) is 7.06. The fraction of sp³-hybridized carbons (Fsp3) is 0.0588. The van der Waals surface area contributed by atoms with E-state index in [4.69, 9.17) is 27.9 Å². The molecule has 0 heterocycles. The number of benzene rings is 2. The predicted molar refractivity (Wildman–Crippen MR) is 98.3 cm³/mol. The Kier molecular flexibility index (Phi) is 6.17. The van der Waals surface area contributed by atoms with Crippen LogP contribution in [0.2, 0.25) is 10.0 Å². The maximum atomic E-state index is 12.3. The zero-order chi connectivity index (χ0) is 19.3. The number of rotatable bonds is 5. The molecule has 2 aromatic rings. The number of hydrogen-bond donors (Lipinski definition) is 1.